The average molecular weight is 372 g/mol. The minimum atomic E-state index is 0.366. The van der Waals surface area contributed by atoms with Crippen molar-refractivity contribution in [1.82, 2.24) is 10.3 Å². The topological polar surface area (TPSA) is 24.9 Å². The molecule has 0 radical (unpaired) electrons. The predicted octanol–water partition coefficient (Wildman–Crippen LogP) is 4.03. The number of benzene rings is 1. The van der Waals surface area contributed by atoms with Crippen molar-refractivity contribution in [3.8, 4) is 0 Å². The predicted molar refractivity (Wildman–Crippen MR) is 86.0 cm³/mol. The Hall–Kier alpha value is -0.460. The van der Waals surface area contributed by atoms with Crippen molar-refractivity contribution in [3.05, 3.63) is 50.0 Å². The van der Waals surface area contributed by atoms with Gasteiger partial charge in [-0.1, -0.05) is 19.1 Å². The zero-order valence-electron chi connectivity index (χ0n) is 10.4. The number of hydrogen-bond donors (Lipinski definition) is 1. The maximum Gasteiger partial charge on any atom is 0.0943 e. The van der Waals surface area contributed by atoms with Gasteiger partial charge in [0.15, 0.2) is 0 Å². The van der Waals surface area contributed by atoms with E-state index in [2.05, 4.69) is 64.1 Å². The van der Waals surface area contributed by atoms with Crippen LogP contribution < -0.4 is 5.32 Å². The number of hydrogen-bond acceptors (Lipinski definition) is 3. The molecular formula is C14H17IN2S. The second kappa shape index (κ2) is 7.21. The van der Waals surface area contributed by atoms with Gasteiger partial charge in [0.25, 0.3) is 0 Å². The normalized spacial score (nSPS) is 12.6. The van der Waals surface area contributed by atoms with Crippen LogP contribution in [0.1, 0.15) is 30.0 Å². The van der Waals surface area contributed by atoms with Crippen LogP contribution in [0.15, 0.2) is 35.8 Å². The van der Waals surface area contributed by atoms with Crippen LogP contribution in [-0.4, -0.2) is 11.5 Å². The van der Waals surface area contributed by atoms with Crippen LogP contribution in [0.25, 0.3) is 0 Å². The summed E-state index contributed by atoms with van der Waals surface area (Å²) in [7, 11) is 0. The van der Waals surface area contributed by atoms with E-state index in [0.717, 1.165) is 19.4 Å². The second-order valence-electron chi connectivity index (χ2n) is 4.19. The Morgan fingerprint density at radius 1 is 1.44 bits per heavy atom. The molecule has 1 N–H and O–H groups in total. The SMILES string of the molecule is CCCNC(Cc1nccs1)c1cccc(I)c1. The standard InChI is InChI=1S/C14H17IN2S/c1-2-6-16-13(10-14-17-7-8-18-14)11-4-3-5-12(15)9-11/h3-5,7-9,13,16H,2,6,10H2,1H3. The molecular weight excluding hydrogens is 355 g/mol. The molecule has 0 saturated carbocycles. The van der Waals surface area contributed by atoms with E-state index in [9.17, 15) is 0 Å². The van der Waals surface area contributed by atoms with Crippen LogP contribution in [0.5, 0.6) is 0 Å². The van der Waals surface area contributed by atoms with Crippen LogP contribution in [0.4, 0.5) is 0 Å². The number of thiazole rings is 1. The van der Waals surface area contributed by atoms with E-state index in [1.807, 2.05) is 11.6 Å². The third-order valence-electron chi connectivity index (χ3n) is 2.75. The Labute approximate surface area is 126 Å². The number of halogens is 1. The first-order valence-corrected chi connectivity index (χ1v) is 8.12. The first-order chi connectivity index (χ1) is 8.79. The number of aromatic nitrogens is 1. The first kappa shape index (κ1) is 14.0. The molecule has 2 nitrogen and oxygen atoms in total. The van der Waals surface area contributed by atoms with Crippen molar-refractivity contribution < 1.29 is 0 Å². The van der Waals surface area contributed by atoms with Gasteiger partial charge in [-0.15, -0.1) is 11.3 Å². The highest BCUT2D eigenvalue weighted by Gasteiger charge is 2.13. The van der Waals surface area contributed by atoms with E-state index in [4.69, 9.17) is 0 Å². The van der Waals surface area contributed by atoms with Crippen LogP contribution >= 0.6 is 33.9 Å². The third-order valence-corrected chi connectivity index (χ3v) is 4.23. The molecule has 0 aliphatic rings. The molecule has 0 amide bonds. The van der Waals surface area contributed by atoms with E-state index in [1.165, 1.54) is 14.1 Å². The monoisotopic (exact) mass is 372 g/mol. The van der Waals surface area contributed by atoms with Gasteiger partial charge in [0, 0.05) is 27.6 Å². The average Bonchev–Trinajstić information content (AvgIpc) is 2.87. The van der Waals surface area contributed by atoms with Gasteiger partial charge in [-0.05, 0) is 53.3 Å². The van der Waals surface area contributed by atoms with E-state index in [0.29, 0.717) is 6.04 Å². The summed E-state index contributed by atoms with van der Waals surface area (Å²) in [6, 6.07) is 9.07. The minimum Gasteiger partial charge on any atom is -0.310 e. The molecule has 96 valence electrons. The summed E-state index contributed by atoms with van der Waals surface area (Å²) in [4.78, 5) is 4.39. The van der Waals surface area contributed by atoms with Crippen molar-refractivity contribution in [2.45, 2.75) is 25.8 Å². The first-order valence-electron chi connectivity index (χ1n) is 6.17. The Bertz CT molecular complexity index is 470. The molecule has 1 heterocycles. The van der Waals surface area contributed by atoms with Crippen molar-refractivity contribution in [1.29, 1.82) is 0 Å². The zero-order chi connectivity index (χ0) is 12.8. The lowest BCUT2D eigenvalue weighted by Crippen LogP contribution is -2.24. The van der Waals surface area contributed by atoms with Gasteiger partial charge in [-0.3, -0.25) is 0 Å². The quantitative estimate of drug-likeness (QED) is 0.775. The largest absolute Gasteiger partial charge is 0.310 e. The van der Waals surface area contributed by atoms with Crippen LogP contribution in [-0.2, 0) is 6.42 Å². The van der Waals surface area contributed by atoms with Gasteiger partial charge in [-0.25, -0.2) is 4.98 Å². The lowest BCUT2D eigenvalue weighted by atomic mass is 10.0. The van der Waals surface area contributed by atoms with E-state index in [1.54, 1.807) is 11.3 Å². The van der Waals surface area contributed by atoms with Crippen LogP contribution in [0.2, 0.25) is 0 Å². The Morgan fingerprint density at radius 2 is 2.33 bits per heavy atom. The molecule has 0 aliphatic heterocycles. The van der Waals surface area contributed by atoms with Gasteiger partial charge >= 0.3 is 0 Å². The molecule has 0 saturated heterocycles. The molecule has 1 unspecified atom stereocenters. The number of rotatable bonds is 6. The maximum absolute atomic E-state index is 4.39. The number of nitrogens with one attached hydrogen (secondary N) is 1. The summed E-state index contributed by atoms with van der Waals surface area (Å²) in [5.41, 5.74) is 1.35. The maximum atomic E-state index is 4.39. The zero-order valence-corrected chi connectivity index (χ0v) is 13.4. The van der Waals surface area contributed by atoms with Crippen molar-refractivity contribution in [2.75, 3.05) is 6.54 Å². The smallest absolute Gasteiger partial charge is 0.0943 e. The van der Waals surface area contributed by atoms with Crippen LogP contribution in [0, 0.1) is 3.57 Å². The molecule has 0 spiro atoms. The second-order valence-corrected chi connectivity index (χ2v) is 6.42. The van der Waals surface area contributed by atoms with Crippen molar-refractivity contribution in [2.24, 2.45) is 0 Å². The van der Waals surface area contributed by atoms with Gasteiger partial charge in [-0.2, -0.15) is 0 Å². The highest BCUT2D eigenvalue weighted by atomic mass is 127. The Kier molecular flexibility index (Phi) is 5.59. The Balaban J connectivity index is 2.13. The summed E-state index contributed by atoms with van der Waals surface area (Å²) in [5.74, 6) is 0. The van der Waals surface area contributed by atoms with Gasteiger partial charge in [0.1, 0.15) is 0 Å². The summed E-state index contributed by atoms with van der Waals surface area (Å²) in [5, 5.41) is 6.85. The lowest BCUT2D eigenvalue weighted by molar-refractivity contribution is 0.528. The molecule has 0 fully saturated rings. The lowest BCUT2D eigenvalue weighted by Gasteiger charge is -2.18. The fourth-order valence-corrected chi connectivity index (χ4v) is 3.11. The fourth-order valence-electron chi connectivity index (χ4n) is 1.88. The summed E-state index contributed by atoms with van der Waals surface area (Å²) >= 11 is 4.10. The third kappa shape index (κ3) is 4.03. The van der Waals surface area contributed by atoms with Crippen molar-refractivity contribution >= 4 is 33.9 Å². The highest BCUT2D eigenvalue weighted by molar-refractivity contribution is 14.1. The van der Waals surface area contributed by atoms with Crippen molar-refractivity contribution in [3.63, 3.8) is 0 Å². The van der Waals surface area contributed by atoms with E-state index in [-0.39, 0.29) is 0 Å². The molecule has 1 aromatic carbocycles. The van der Waals surface area contributed by atoms with E-state index >= 15 is 0 Å². The van der Waals surface area contributed by atoms with E-state index < -0.39 is 0 Å². The molecule has 1 aromatic heterocycles. The molecule has 18 heavy (non-hydrogen) atoms. The molecule has 2 aromatic rings. The van der Waals surface area contributed by atoms with Gasteiger partial charge in [0.05, 0.1) is 5.01 Å². The highest BCUT2D eigenvalue weighted by Crippen LogP contribution is 2.21. The summed E-state index contributed by atoms with van der Waals surface area (Å²) in [6.07, 6.45) is 4.00. The molecule has 4 heteroatoms. The fraction of sp³-hybridized carbons (Fsp3) is 0.357. The molecule has 0 bridgehead atoms. The Morgan fingerprint density at radius 3 is 3.00 bits per heavy atom. The summed E-state index contributed by atoms with van der Waals surface area (Å²) in [6.45, 7) is 3.24. The molecule has 1 atom stereocenters. The molecule has 0 aliphatic carbocycles. The van der Waals surface area contributed by atoms with Gasteiger partial charge in [0.2, 0.25) is 0 Å². The van der Waals surface area contributed by atoms with Gasteiger partial charge < -0.3 is 5.32 Å². The molecule has 2 rings (SSSR count). The van der Waals surface area contributed by atoms with Crippen LogP contribution in [0.3, 0.4) is 0 Å². The summed E-state index contributed by atoms with van der Waals surface area (Å²) < 4.78 is 1.28. The minimum absolute atomic E-state index is 0.366. The number of nitrogens with zero attached hydrogens (tertiary/aromatic N) is 1.